The Morgan fingerprint density at radius 2 is 1.76 bits per heavy atom. The molecule has 0 radical (unpaired) electrons. The van der Waals surface area contributed by atoms with Gasteiger partial charge in [-0.05, 0) is 24.3 Å². The summed E-state index contributed by atoms with van der Waals surface area (Å²) in [7, 11) is 0. The first-order valence-corrected chi connectivity index (χ1v) is 4.92. The fourth-order valence-corrected chi connectivity index (χ4v) is 1.33. The molecule has 0 saturated heterocycles. The summed E-state index contributed by atoms with van der Waals surface area (Å²) < 4.78 is 0. The molecule has 0 saturated carbocycles. The molecule has 1 aromatic carbocycles. The van der Waals surface area contributed by atoms with Crippen LogP contribution in [0, 0.1) is 0 Å². The van der Waals surface area contributed by atoms with Gasteiger partial charge in [0.2, 0.25) is 0 Å². The zero-order valence-corrected chi connectivity index (χ0v) is 8.79. The van der Waals surface area contributed by atoms with E-state index in [1.165, 1.54) is 30.5 Å². The first kappa shape index (κ1) is 10.9. The summed E-state index contributed by atoms with van der Waals surface area (Å²) in [5.74, 6) is -0.897. The zero-order valence-electron chi connectivity index (χ0n) is 8.79. The highest BCUT2D eigenvalue weighted by Gasteiger charge is 2.12. The number of benzene rings is 1. The molecule has 2 aromatic rings. The van der Waals surface area contributed by atoms with Gasteiger partial charge in [0.05, 0.1) is 0 Å². The second-order valence-corrected chi connectivity index (χ2v) is 3.34. The van der Waals surface area contributed by atoms with Crippen LogP contribution in [0.15, 0.2) is 42.6 Å². The molecule has 5 heteroatoms. The smallest absolute Gasteiger partial charge is 0.274 e. The number of para-hydroxylation sites is 1. The van der Waals surface area contributed by atoms with E-state index in [-0.39, 0.29) is 22.9 Å². The number of phenols is 2. The van der Waals surface area contributed by atoms with E-state index in [0.29, 0.717) is 0 Å². The molecule has 0 aliphatic heterocycles. The molecule has 0 unspecified atom stereocenters. The van der Waals surface area contributed by atoms with Crippen LogP contribution in [0.2, 0.25) is 0 Å². The maximum absolute atomic E-state index is 11.7. The van der Waals surface area contributed by atoms with Gasteiger partial charge >= 0.3 is 0 Å². The van der Waals surface area contributed by atoms with E-state index in [4.69, 9.17) is 0 Å². The Balaban J connectivity index is 2.25. The van der Waals surface area contributed by atoms with Gasteiger partial charge in [0, 0.05) is 6.20 Å². The molecule has 0 atom stereocenters. The molecule has 1 aromatic heterocycles. The fourth-order valence-electron chi connectivity index (χ4n) is 1.33. The third-order valence-corrected chi connectivity index (χ3v) is 2.16. The molecule has 0 bridgehead atoms. The quantitative estimate of drug-likeness (QED) is 0.686. The van der Waals surface area contributed by atoms with Gasteiger partial charge in [0.25, 0.3) is 5.91 Å². The third kappa shape index (κ3) is 2.34. The van der Waals surface area contributed by atoms with Crippen LogP contribution in [-0.2, 0) is 0 Å². The average Bonchev–Trinajstić information content (AvgIpc) is 2.35. The molecular formula is C12H10N2O3. The lowest BCUT2D eigenvalue weighted by atomic mass is 10.2. The summed E-state index contributed by atoms with van der Waals surface area (Å²) in [6, 6.07) is 9.11. The van der Waals surface area contributed by atoms with Gasteiger partial charge < -0.3 is 15.5 Å². The number of hydrogen-bond donors (Lipinski definition) is 3. The molecule has 0 spiro atoms. The fraction of sp³-hybridized carbons (Fsp3) is 0. The minimum Gasteiger partial charge on any atom is -0.506 e. The van der Waals surface area contributed by atoms with E-state index in [1.807, 2.05) is 0 Å². The Bertz CT molecular complexity index is 520. The molecule has 0 aliphatic rings. The van der Waals surface area contributed by atoms with Crippen LogP contribution in [0.3, 0.4) is 0 Å². The van der Waals surface area contributed by atoms with Crippen LogP contribution in [0.4, 0.5) is 5.69 Å². The molecule has 17 heavy (non-hydrogen) atoms. The number of aromatic nitrogens is 1. The van der Waals surface area contributed by atoms with Crippen molar-refractivity contribution in [3.05, 3.63) is 48.3 Å². The van der Waals surface area contributed by atoms with Gasteiger partial charge in [0.15, 0.2) is 0 Å². The topological polar surface area (TPSA) is 82.5 Å². The number of carbonyl (C=O) groups excluding carboxylic acids is 1. The molecule has 1 heterocycles. The summed E-state index contributed by atoms with van der Waals surface area (Å²) in [5, 5.41) is 21.4. The number of amides is 1. The summed E-state index contributed by atoms with van der Waals surface area (Å²) in [4.78, 5) is 15.6. The number of carbonyl (C=O) groups is 1. The Morgan fingerprint density at radius 1 is 1.06 bits per heavy atom. The molecule has 5 nitrogen and oxygen atoms in total. The van der Waals surface area contributed by atoms with Crippen molar-refractivity contribution in [3.8, 4) is 11.5 Å². The van der Waals surface area contributed by atoms with E-state index in [2.05, 4.69) is 10.3 Å². The highest BCUT2D eigenvalue weighted by molar-refractivity contribution is 6.04. The van der Waals surface area contributed by atoms with Crippen molar-refractivity contribution in [3.63, 3.8) is 0 Å². The predicted molar refractivity (Wildman–Crippen MR) is 62.0 cm³/mol. The van der Waals surface area contributed by atoms with E-state index in [1.54, 1.807) is 12.1 Å². The zero-order chi connectivity index (χ0) is 12.3. The van der Waals surface area contributed by atoms with Crippen LogP contribution in [0.5, 0.6) is 11.5 Å². The highest BCUT2D eigenvalue weighted by Crippen LogP contribution is 2.32. The van der Waals surface area contributed by atoms with Gasteiger partial charge in [-0.1, -0.05) is 12.1 Å². The third-order valence-electron chi connectivity index (χ3n) is 2.16. The standard InChI is InChI=1S/C12H10N2O3/c15-9-5-3-6-10(16)11(9)14-12(17)8-4-1-2-7-13-8/h1-7,15-16H,(H,14,17). The Kier molecular flexibility index (Phi) is 2.91. The SMILES string of the molecule is O=C(Nc1c(O)cccc1O)c1ccccn1. The van der Waals surface area contributed by atoms with Gasteiger partial charge in [-0.2, -0.15) is 0 Å². The van der Waals surface area contributed by atoms with Crippen LogP contribution >= 0.6 is 0 Å². The number of phenolic OH excluding ortho intramolecular Hbond substituents is 2. The van der Waals surface area contributed by atoms with Crippen molar-refractivity contribution in [2.75, 3.05) is 5.32 Å². The summed E-state index contributed by atoms with van der Waals surface area (Å²) >= 11 is 0. The van der Waals surface area contributed by atoms with Crippen LogP contribution < -0.4 is 5.32 Å². The van der Waals surface area contributed by atoms with E-state index in [0.717, 1.165) is 0 Å². The first-order chi connectivity index (χ1) is 8.18. The molecule has 86 valence electrons. The lowest BCUT2D eigenvalue weighted by Crippen LogP contribution is -2.13. The van der Waals surface area contributed by atoms with Gasteiger partial charge in [-0.15, -0.1) is 0 Å². The number of hydrogen-bond acceptors (Lipinski definition) is 4. The predicted octanol–water partition coefficient (Wildman–Crippen LogP) is 1.75. The monoisotopic (exact) mass is 230 g/mol. The Labute approximate surface area is 97.4 Å². The molecule has 0 fully saturated rings. The van der Waals surface area contributed by atoms with Crippen molar-refractivity contribution in [1.29, 1.82) is 0 Å². The van der Waals surface area contributed by atoms with Crippen LogP contribution in [0.25, 0.3) is 0 Å². The van der Waals surface area contributed by atoms with Crippen LogP contribution in [0.1, 0.15) is 10.5 Å². The second-order valence-electron chi connectivity index (χ2n) is 3.34. The summed E-state index contributed by atoms with van der Waals surface area (Å²) in [5.41, 5.74) is 0.179. The Morgan fingerprint density at radius 3 is 2.35 bits per heavy atom. The molecule has 1 amide bonds. The minimum atomic E-state index is -0.498. The summed E-state index contributed by atoms with van der Waals surface area (Å²) in [6.07, 6.45) is 1.49. The van der Waals surface area contributed by atoms with Crippen molar-refractivity contribution in [1.82, 2.24) is 4.98 Å². The number of nitrogens with one attached hydrogen (secondary N) is 1. The molecule has 3 N–H and O–H groups in total. The van der Waals surface area contributed by atoms with Crippen molar-refractivity contribution >= 4 is 11.6 Å². The first-order valence-electron chi connectivity index (χ1n) is 4.92. The molecular weight excluding hydrogens is 220 g/mol. The average molecular weight is 230 g/mol. The van der Waals surface area contributed by atoms with E-state index in [9.17, 15) is 15.0 Å². The van der Waals surface area contributed by atoms with Crippen molar-refractivity contribution in [2.24, 2.45) is 0 Å². The summed E-state index contributed by atoms with van der Waals surface area (Å²) in [6.45, 7) is 0. The second kappa shape index (κ2) is 4.52. The normalized spacial score (nSPS) is 9.88. The number of rotatable bonds is 2. The van der Waals surface area contributed by atoms with Crippen molar-refractivity contribution < 1.29 is 15.0 Å². The largest absolute Gasteiger partial charge is 0.506 e. The maximum atomic E-state index is 11.7. The molecule has 0 aliphatic carbocycles. The Hall–Kier alpha value is -2.56. The number of aromatic hydroxyl groups is 2. The number of anilines is 1. The van der Waals surface area contributed by atoms with Crippen molar-refractivity contribution in [2.45, 2.75) is 0 Å². The van der Waals surface area contributed by atoms with Gasteiger partial charge in [0.1, 0.15) is 22.9 Å². The minimum absolute atomic E-state index is 0.0249. The highest BCUT2D eigenvalue weighted by atomic mass is 16.3. The van der Waals surface area contributed by atoms with E-state index < -0.39 is 5.91 Å². The van der Waals surface area contributed by atoms with Crippen LogP contribution in [-0.4, -0.2) is 21.1 Å². The lowest BCUT2D eigenvalue weighted by molar-refractivity contribution is 0.102. The number of nitrogens with zero attached hydrogens (tertiary/aromatic N) is 1. The van der Waals surface area contributed by atoms with E-state index >= 15 is 0 Å². The lowest BCUT2D eigenvalue weighted by Gasteiger charge is -2.08. The van der Waals surface area contributed by atoms with Gasteiger partial charge in [-0.25, -0.2) is 0 Å². The number of pyridine rings is 1. The maximum Gasteiger partial charge on any atom is 0.274 e. The van der Waals surface area contributed by atoms with Gasteiger partial charge in [-0.3, -0.25) is 9.78 Å². The molecule has 2 rings (SSSR count).